The molecule has 1 N–H and O–H groups in total. The predicted octanol–water partition coefficient (Wildman–Crippen LogP) is 3.64. The maximum atomic E-state index is 5.59. The maximum absolute atomic E-state index is 5.59. The van der Waals surface area contributed by atoms with E-state index in [0.717, 1.165) is 12.3 Å². The van der Waals surface area contributed by atoms with Gasteiger partial charge in [0, 0.05) is 7.11 Å². The van der Waals surface area contributed by atoms with Crippen molar-refractivity contribution in [2.45, 2.75) is 50.7 Å². The highest BCUT2D eigenvalue weighted by Crippen LogP contribution is 2.37. The van der Waals surface area contributed by atoms with Gasteiger partial charge in [-0.1, -0.05) is 37.6 Å². The minimum Gasteiger partial charge on any atom is -0.379 e. The van der Waals surface area contributed by atoms with Gasteiger partial charge in [0.2, 0.25) is 0 Å². The highest BCUT2D eigenvalue weighted by atomic mass is 16.5. The summed E-state index contributed by atoms with van der Waals surface area (Å²) in [4.78, 5) is 0. The molecule has 1 aromatic carbocycles. The summed E-state index contributed by atoms with van der Waals surface area (Å²) in [6, 6.07) is 9.33. The Hall–Kier alpha value is -0.860. The van der Waals surface area contributed by atoms with Crippen molar-refractivity contribution in [3.8, 4) is 0 Å². The third-order valence-corrected chi connectivity index (χ3v) is 4.23. The SMILES string of the molecule is CCC(OC)C(NC)c1cccc(C2CCC2)c1. The molecule has 0 heterocycles. The van der Waals surface area contributed by atoms with E-state index in [1.165, 1.54) is 30.4 Å². The van der Waals surface area contributed by atoms with Crippen molar-refractivity contribution >= 4 is 0 Å². The lowest BCUT2D eigenvalue weighted by Crippen LogP contribution is -2.30. The minimum atomic E-state index is 0.242. The summed E-state index contributed by atoms with van der Waals surface area (Å²) in [5.41, 5.74) is 2.86. The molecule has 0 radical (unpaired) electrons. The monoisotopic (exact) mass is 247 g/mol. The molecule has 0 saturated heterocycles. The number of rotatable bonds is 6. The molecule has 2 nitrogen and oxygen atoms in total. The summed E-state index contributed by atoms with van der Waals surface area (Å²) in [7, 11) is 3.82. The summed E-state index contributed by atoms with van der Waals surface area (Å²) in [6.07, 6.45) is 5.37. The first-order chi connectivity index (χ1) is 8.80. The van der Waals surface area contributed by atoms with Gasteiger partial charge in [0.05, 0.1) is 12.1 Å². The third-order valence-electron chi connectivity index (χ3n) is 4.23. The van der Waals surface area contributed by atoms with E-state index in [4.69, 9.17) is 4.74 Å². The van der Waals surface area contributed by atoms with Crippen LogP contribution in [0, 0.1) is 0 Å². The van der Waals surface area contributed by atoms with Gasteiger partial charge in [0.25, 0.3) is 0 Å². The van der Waals surface area contributed by atoms with Gasteiger partial charge in [-0.3, -0.25) is 0 Å². The zero-order valence-corrected chi connectivity index (χ0v) is 11.8. The van der Waals surface area contributed by atoms with E-state index >= 15 is 0 Å². The third kappa shape index (κ3) is 2.76. The predicted molar refractivity (Wildman–Crippen MR) is 75.9 cm³/mol. The quantitative estimate of drug-likeness (QED) is 0.828. The van der Waals surface area contributed by atoms with E-state index < -0.39 is 0 Å². The molecule has 0 amide bonds. The summed E-state index contributed by atoms with van der Waals surface area (Å²) in [5, 5.41) is 3.40. The van der Waals surface area contributed by atoms with Crippen LogP contribution in [0.3, 0.4) is 0 Å². The second-order valence-electron chi connectivity index (χ2n) is 5.25. The molecule has 100 valence electrons. The molecule has 0 aromatic heterocycles. The van der Waals surface area contributed by atoms with Crippen LogP contribution in [0.1, 0.15) is 55.7 Å². The lowest BCUT2D eigenvalue weighted by molar-refractivity contribution is 0.0675. The molecule has 1 aliphatic carbocycles. The molecule has 0 aliphatic heterocycles. The fourth-order valence-electron chi connectivity index (χ4n) is 2.85. The Labute approximate surface area is 111 Å². The Morgan fingerprint density at radius 3 is 2.67 bits per heavy atom. The summed E-state index contributed by atoms with van der Waals surface area (Å²) in [6.45, 7) is 2.17. The number of nitrogens with one attached hydrogen (secondary N) is 1. The maximum Gasteiger partial charge on any atom is 0.0763 e. The summed E-state index contributed by atoms with van der Waals surface area (Å²) in [5.74, 6) is 0.796. The molecular weight excluding hydrogens is 222 g/mol. The Balaban J connectivity index is 2.19. The van der Waals surface area contributed by atoms with E-state index in [9.17, 15) is 0 Å². The molecule has 0 bridgehead atoms. The van der Waals surface area contributed by atoms with Crippen molar-refractivity contribution in [1.82, 2.24) is 5.32 Å². The fourth-order valence-corrected chi connectivity index (χ4v) is 2.85. The highest BCUT2D eigenvalue weighted by molar-refractivity contribution is 5.30. The van der Waals surface area contributed by atoms with Crippen LogP contribution in [0.2, 0.25) is 0 Å². The number of ether oxygens (including phenoxy) is 1. The van der Waals surface area contributed by atoms with E-state index in [-0.39, 0.29) is 6.10 Å². The van der Waals surface area contributed by atoms with Crippen LogP contribution in [0.4, 0.5) is 0 Å². The second kappa shape index (κ2) is 6.35. The molecule has 2 unspecified atom stereocenters. The zero-order chi connectivity index (χ0) is 13.0. The van der Waals surface area contributed by atoms with Gasteiger partial charge in [-0.05, 0) is 43.4 Å². The van der Waals surface area contributed by atoms with Gasteiger partial charge in [-0.25, -0.2) is 0 Å². The summed E-state index contributed by atoms with van der Waals surface area (Å²) >= 11 is 0. The fraction of sp³-hybridized carbons (Fsp3) is 0.625. The van der Waals surface area contributed by atoms with Gasteiger partial charge >= 0.3 is 0 Å². The average Bonchev–Trinajstić information content (AvgIpc) is 2.34. The molecule has 2 atom stereocenters. The molecule has 2 rings (SSSR count). The number of methoxy groups -OCH3 is 1. The smallest absolute Gasteiger partial charge is 0.0763 e. The highest BCUT2D eigenvalue weighted by Gasteiger charge is 2.23. The number of likely N-dealkylation sites (N-methyl/N-ethyl adjacent to an activating group) is 1. The van der Waals surface area contributed by atoms with Gasteiger partial charge in [0.1, 0.15) is 0 Å². The summed E-state index contributed by atoms with van der Waals surface area (Å²) < 4.78 is 5.59. The Kier molecular flexibility index (Phi) is 4.79. The van der Waals surface area contributed by atoms with Gasteiger partial charge in [0.15, 0.2) is 0 Å². The van der Waals surface area contributed by atoms with E-state index in [2.05, 4.69) is 36.5 Å². The lowest BCUT2D eigenvalue weighted by Gasteiger charge is -2.29. The van der Waals surface area contributed by atoms with Crippen LogP contribution in [-0.2, 0) is 4.74 Å². The zero-order valence-electron chi connectivity index (χ0n) is 11.8. The molecule has 18 heavy (non-hydrogen) atoms. The first-order valence-corrected chi connectivity index (χ1v) is 7.10. The van der Waals surface area contributed by atoms with Crippen molar-refractivity contribution in [2.75, 3.05) is 14.2 Å². The van der Waals surface area contributed by atoms with Crippen molar-refractivity contribution in [1.29, 1.82) is 0 Å². The van der Waals surface area contributed by atoms with E-state index in [1.54, 1.807) is 7.11 Å². The van der Waals surface area contributed by atoms with Crippen LogP contribution in [0.25, 0.3) is 0 Å². The van der Waals surface area contributed by atoms with Gasteiger partial charge in [-0.15, -0.1) is 0 Å². The molecular formula is C16H25NO. The van der Waals surface area contributed by atoms with Crippen LogP contribution in [-0.4, -0.2) is 20.3 Å². The largest absolute Gasteiger partial charge is 0.379 e. The van der Waals surface area contributed by atoms with Crippen LogP contribution in [0.15, 0.2) is 24.3 Å². The molecule has 0 spiro atoms. The minimum absolute atomic E-state index is 0.242. The van der Waals surface area contributed by atoms with Crippen LogP contribution in [0.5, 0.6) is 0 Å². The van der Waals surface area contributed by atoms with Crippen molar-refractivity contribution in [3.63, 3.8) is 0 Å². The normalized spacial score (nSPS) is 19.3. The number of benzene rings is 1. The first kappa shape index (κ1) is 13.6. The molecule has 2 heteroatoms. The Bertz CT molecular complexity index is 369. The van der Waals surface area contributed by atoms with Crippen molar-refractivity contribution in [3.05, 3.63) is 35.4 Å². The molecule has 1 aromatic rings. The Morgan fingerprint density at radius 2 is 2.17 bits per heavy atom. The second-order valence-corrected chi connectivity index (χ2v) is 5.25. The van der Waals surface area contributed by atoms with E-state index in [1.807, 2.05) is 7.05 Å². The topological polar surface area (TPSA) is 21.3 Å². The van der Waals surface area contributed by atoms with Gasteiger partial charge < -0.3 is 10.1 Å². The van der Waals surface area contributed by atoms with Gasteiger partial charge in [-0.2, -0.15) is 0 Å². The van der Waals surface area contributed by atoms with E-state index in [0.29, 0.717) is 6.04 Å². The van der Waals surface area contributed by atoms with Crippen LogP contribution >= 0.6 is 0 Å². The average molecular weight is 247 g/mol. The molecule has 1 aliphatic rings. The lowest BCUT2D eigenvalue weighted by atomic mass is 9.79. The van der Waals surface area contributed by atoms with Crippen LogP contribution < -0.4 is 5.32 Å². The Morgan fingerprint density at radius 1 is 1.39 bits per heavy atom. The molecule has 1 saturated carbocycles. The number of hydrogen-bond acceptors (Lipinski definition) is 2. The van der Waals surface area contributed by atoms with Crippen molar-refractivity contribution < 1.29 is 4.74 Å². The molecule has 1 fully saturated rings. The number of hydrogen-bond donors (Lipinski definition) is 1. The first-order valence-electron chi connectivity index (χ1n) is 7.10. The van der Waals surface area contributed by atoms with Crippen molar-refractivity contribution in [2.24, 2.45) is 0 Å². The standard InChI is InChI=1S/C16H25NO/c1-4-15(18-3)16(17-2)14-10-6-9-13(11-14)12-7-5-8-12/h6,9-12,15-17H,4-5,7-8H2,1-3H3.